The van der Waals surface area contributed by atoms with Crippen molar-refractivity contribution in [3.63, 3.8) is 0 Å². The molecule has 0 aliphatic heterocycles. The Labute approximate surface area is 144 Å². The summed E-state index contributed by atoms with van der Waals surface area (Å²) in [5.41, 5.74) is -0.983. The van der Waals surface area contributed by atoms with Crippen LogP contribution in [0.4, 0.5) is 10.5 Å². The van der Waals surface area contributed by atoms with Crippen molar-refractivity contribution in [2.75, 3.05) is 5.32 Å². The number of anilines is 1. The molecule has 0 atom stereocenters. The number of nitrogens with one attached hydrogen (secondary N) is 1. The summed E-state index contributed by atoms with van der Waals surface area (Å²) in [5, 5.41) is 11.4. The molecule has 2 aromatic rings. The van der Waals surface area contributed by atoms with Crippen LogP contribution in [0.15, 0.2) is 41.3 Å². The minimum atomic E-state index is -1.20. The average Bonchev–Trinajstić information content (AvgIpc) is 2.50. The van der Waals surface area contributed by atoms with Crippen LogP contribution >= 0.6 is 0 Å². The molecule has 0 bridgehead atoms. The van der Waals surface area contributed by atoms with E-state index in [2.05, 4.69) is 10.3 Å². The molecule has 25 heavy (non-hydrogen) atoms. The summed E-state index contributed by atoms with van der Waals surface area (Å²) in [4.78, 5) is 39.7. The molecule has 0 spiro atoms. The van der Waals surface area contributed by atoms with Gasteiger partial charge in [0.15, 0.2) is 0 Å². The van der Waals surface area contributed by atoms with Gasteiger partial charge in [0.05, 0.1) is 6.20 Å². The van der Waals surface area contributed by atoms with Crippen LogP contribution in [0, 0.1) is 0 Å². The van der Waals surface area contributed by atoms with Crippen LogP contribution in [0.5, 0.6) is 0 Å². The van der Waals surface area contributed by atoms with E-state index in [9.17, 15) is 14.4 Å². The SMILES string of the molecule is CC(C)(C)OC(=O)Nc1cnc(-c2ccccc2)n(CC(=O)O)c1=O. The Bertz CT molecular complexity index is 838. The summed E-state index contributed by atoms with van der Waals surface area (Å²) >= 11 is 0. The number of carbonyl (C=O) groups is 2. The Balaban J connectivity index is 2.43. The third kappa shape index (κ3) is 4.90. The molecule has 0 saturated heterocycles. The zero-order chi connectivity index (χ0) is 18.6. The standard InChI is InChI=1S/C17H19N3O5/c1-17(2,3)25-16(24)19-12-9-18-14(11-7-5-4-6-8-11)20(15(12)23)10-13(21)22/h4-9H,10H2,1-3H3,(H,19,24)(H,21,22). The molecule has 1 heterocycles. The molecule has 0 aliphatic rings. The maximum Gasteiger partial charge on any atom is 0.412 e. The maximum atomic E-state index is 12.6. The molecule has 0 aliphatic carbocycles. The Morgan fingerprint density at radius 2 is 1.88 bits per heavy atom. The van der Waals surface area contributed by atoms with E-state index in [4.69, 9.17) is 9.84 Å². The second kappa shape index (κ2) is 7.16. The molecule has 1 aromatic heterocycles. The van der Waals surface area contributed by atoms with E-state index >= 15 is 0 Å². The lowest BCUT2D eigenvalue weighted by Crippen LogP contribution is -2.33. The maximum absolute atomic E-state index is 12.6. The van der Waals surface area contributed by atoms with Gasteiger partial charge in [-0.25, -0.2) is 9.78 Å². The first-order chi connectivity index (χ1) is 11.7. The van der Waals surface area contributed by atoms with Crippen LogP contribution in [-0.4, -0.2) is 32.3 Å². The number of carboxylic acids is 1. The van der Waals surface area contributed by atoms with Gasteiger partial charge in [0.25, 0.3) is 5.56 Å². The van der Waals surface area contributed by atoms with Crippen molar-refractivity contribution in [2.45, 2.75) is 32.9 Å². The molecule has 132 valence electrons. The quantitative estimate of drug-likeness (QED) is 0.880. The van der Waals surface area contributed by atoms with E-state index in [1.807, 2.05) is 0 Å². The Morgan fingerprint density at radius 3 is 2.44 bits per heavy atom. The zero-order valence-corrected chi connectivity index (χ0v) is 14.1. The number of hydrogen-bond donors (Lipinski definition) is 2. The number of nitrogens with zero attached hydrogens (tertiary/aromatic N) is 2. The molecule has 0 radical (unpaired) electrons. The molecule has 0 unspecified atom stereocenters. The van der Waals surface area contributed by atoms with Crippen LogP contribution in [0.25, 0.3) is 11.4 Å². The summed E-state index contributed by atoms with van der Waals surface area (Å²) in [6, 6.07) is 8.71. The van der Waals surface area contributed by atoms with Gasteiger partial charge >= 0.3 is 12.1 Å². The molecule has 2 N–H and O–H groups in total. The fourth-order valence-electron chi connectivity index (χ4n) is 2.09. The van der Waals surface area contributed by atoms with Gasteiger partial charge in [0, 0.05) is 5.56 Å². The van der Waals surface area contributed by atoms with Crippen LogP contribution in [0.3, 0.4) is 0 Å². The van der Waals surface area contributed by atoms with E-state index < -0.39 is 29.8 Å². The van der Waals surface area contributed by atoms with E-state index in [-0.39, 0.29) is 11.5 Å². The van der Waals surface area contributed by atoms with Crippen LogP contribution in [-0.2, 0) is 16.1 Å². The smallest absolute Gasteiger partial charge is 0.412 e. The van der Waals surface area contributed by atoms with E-state index in [1.54, 1.807) is 51.1 Å². The summed E-state index contributed by atoms with van der Waals surface area (Å²) < 4.78 is 6.08. The van der Waals surface area contributed by atoms with Gasteiger partial charge in [-0.05, 0) is 20.8 Å². The van der Waals surface area contributed by atoms with Crippen molar-refractivity contribution in [2.24, 2.45) is 0 Å². The molecule has 8 heteroatoms. The largest absolute Gasteiger partial charge is 0.480 e. The summed E-state index contributed by atoms with van der Waals surface area (Å²) in [7, 11) is 0. The Hall–Kier alpha value is -3.16. The topological polar surface area (TPSA) is 111 Å². The van der Waals surface area contributed by atoms with Crippen molar-refractivity contribution in [1.29, 1.82) is 0 Å². The van der Waals surface area contributed by atoms with Gasteiger partial charge < -0.3 is 9.84 Å². The normalized spacial score (nSPS) is 11.0. The Morgan fingerprint density at radius 1 is 1.24 bits per heavy atom. The first-order valence-electron chi connectivity index (χ1n) is 7.54. The minimum absolute atomic E-state index is 0.157. The fraction of sp³-hybridized carbons (Fsp3) is 0.294. The predicted octanol–water partition coefficient (Wildman–Crippen LogP) is 2.34. The van der Waals surface area contributed by atoms with E-state index in [0.29, 0.717) is 5.56 Å². The Kier molecular flexibility index (Phi) is 5.21. The van der Waals surface area contributed by atoms with Gasteiger partial charge in [0.1, 0.15) is 23.7 Å². The number of amides is 1. The lowest BCUT2D eigenvalue weighted by Gasteiger charge is -2.20. The number of aromatic nitrogens is 2. The third-order valence-corrected chi connectivity index (χ3v) is 3.01. The monoisotopic (exact) mass is 345 g/mol. The van der Waals surface area contributed by atoms with Gasteiger partial charge in [0.2, 0.25) is 0 Å². The third-order valence-electron chi connectivity index (χ3n) is 3.01. The van der Waals surface area contributed by atoms with E-state index in [1.165, 1.54) is 6.20 Å². The first-order valence-corrected chi connectivity index (χ1v) is 7.54. The summed E-state index contributed by atoms with van der Waals surface area (Å²) in [5.74, 6) is -1.00. The first kappa shape index (κ1) is 18.2. The van der Waals surface area contributed by atoms with Gasteiger partial charge in [-0.2, -0.15) is 0 Å². The summed E-state index contributed by atoms with van der Waals surface area (Å²) in [6.07, 6.45) is 0.369. The van der Waals surface area contributed by atoms with Crippen molar-refractivity contribution < 1.29 is 19.4 Å². The van der Waals surface area contributed by atoms with Crippen LogP contribution in [0.1, 0.15) is 20.8 Å². The number of ether oxygens (including phenoxy) is 1. The number of carboxylic acid groups (broad SMARTS) is 1. The van der Waals surface area contributed by atoms with Crippen molar-refractivity contribution in [3.05, 3.63) is 46.9 Å². The fourth-order valence-corrected chi connectivity index (χ4v) is 2.09. The molecular formula is C17H19N3O5. The van der Waals surface area contributed by atoms with Gasteiger partial charge in [-0.3, -0.25) is 19.5 Å². The molecule has 2 rings (SSSR count). The lowest BCUT2D eigenvalue weighted by molar-refractivity contribution is -0.137. The van der Waals surface area contributed by atoms with E-state index in [0.717, 1.165) is 4.57 Å². The lowest BCUT2D eigenvalue weighted by atomic mass is 10.2. The minimum Gasteiger partial charge on any atom is -0.480 e. The highest BCUT2D eigenvalue weighted by Crippen LogP contribution is 2.16. The highest BCUT2D eigenvalue weighted by molar-refractivity contribution is 5.84. The number of benzene rings is 1. The second-order valence-corrected chi connectivity index (χ2v) is 6.27. The number of carbonyl (C=O) groups excluding carboxylic acids is 1. The molecular weight excluding hydrogens is 326 g/mol. The zero-order valence-electron chi connectivity index (χ0n) is 14.1. The average molecular weight is 345 g/mol. The summed E-state index contributed by atoms with van der Waals surface area (Å²) in [6.45, 7) is 4.48. The second-order valence-electron chi connectivity index (χ2n) is 6.27. The number of rotatable bonds is 4. The van der Waals surface area contributed by atoms with Crippen LogP contribution in [0.2, 0.25) is 0 Å². The van der Waals surface area contributed by atoms with Crippen molar-refractivity contribution in [3.8, 4) is 11.4 Å². The molecule has 1 aromatic carbocycles. The highest BCUT2D eigenvalue weighted by atomic mass is 16.6. The predicted molar refractivity (Wildman–Crippen MR) is 91.4 cm³/mol. The van der Waals surface area contributed by atoms with Crippen LogP contribution < -0.4 is 10.9 Å². The highest BCUT2D eigenvalue weighted by Gasteiger charge is 2.19. The number of aliphatic carboxylic acids is 1. The molecule has 0 saturated carbocycles. The van der Waals surface area contributed by atoms with Crippen molar-refractivity contribution in [1.82, 2.24) is 9.55 Å². The molecule has 1 amide bonds. The van der Waals surface area contributed by atoms with Gasteiger partial charge in [-0.15, -0.1) is 0 Å². The molecule has 0 fully saturated rings. The number of hydrogen-bond acceptors (Lipinski definition) is 5. The van der Waals surface area contributed by atoms with Crippen molar-refractivity contribution >= 4 is 17.7 Å². The van der Waals surface area contributed by atoms with Gasteiger partial charge in [-0.1, -0.05) is 30.3 Å². The molecule has 8 nitrogen and oxygen atoms in total.